The molecule has 0 saturated heterocycles. The molecule has 4 heteroatoms. The molecule has 4 nitrogen and oxygen atoms in total. The number of nitrogens with one attached hydrogen (secondary N) is 2. The molecule has 0 saturated carbocycles. The van der Waals surface area contributed by atoms with Crippen molar-refractivity contribution in [1.29, 1.82) is 0 Å². The molecular weight excluding hydrogens is 334 g/mol. The van der Waals surface area contributed by atoms with Crippen LogP contribution in [0.4, 0.5) is 0 Å². The normalized spacial score (nSPS) is 15.8. The summed E-state index contributed by atoms with van der Waals surface area (Å²) in [6.45, 7) is 3.71. The molecule has 27 heavy (non-hydrogen) atoms. The van der Waals surface area contributed by atoms with Crippen LogP contribution >= 0.6 is 0 Å². The van der Waals surface area contributed by atoms with Crippen LogP contribution in [0.25, 0.3) is 0 Å². The van der Waals surface area contributed by atoms with E-state index in [0.717, 1.165) is 31.6 Å². The third-order valence-electron chi connectivity index (χ3n) is 5.15. The Labute approximate surface area is 159 Å². The highest BCUT2D eigenvalue weighted by Crippen LogP contribution is 2.11. The Kier molecular flexibility index (Phi) is 5.26. The largest absolute Gasteiger partial charge is 0.348 e. The molecule has 1 atom stereocenters. The number of nitrogens with zero attached hydrogens (tertiary/aromatic N) is 1. The van der Waals surface area contributed by atoms with Crippen LogP contribution in [0.15, 0.2) is 73.1 Å². The number of hydrogen-bond donors (Lipinski definition) is 2. The van der Waals surface area contributed by atoms with Crippen LogP contribution in [0, 0.1) is 0 Å². The lowest BCUT2D eigenvalue weighted by atomic mass is 9.99. The molecule has 3 aromatic rings. The summed E-state index contributed by atoms with van der Waals surface area (Å²) in [6.07, 6.45) is 4.64. The predicted molar refractivity (Wildman–Crippen MR) is 105 cm³/mol. The van der Waals surface area contributed by atoms with Crippen LogP contribution in [0.3, 0.4) is 0 Å². The Balaban J connectivity index is 1.33. The molecule has 1 aromatic heterocycles. The van der Waals surface area contributed by atoms with Gasteiger partial charge in [0.1, 0.15) is 13.1 Å². The predicted octanol–water partition coefficient (Wildman–Crippen LogP) is 2.15. The summed E-state index contributed by atoms with van der Waals surface area (Å²) >= 11 is 0. The summed E-state index contributed by atoms with van der Waals surface area (Å²) < 4.78 is 0. The van der Waals surface area contributed by atoms with E-state index in [1.54, 1.807) is 17.3 Å². The molecule has 1 amide bonds. The number of hydrogen-bond acceptors (Lipinski definition) is 2. The second kappa shape index (κ2) is 8.14. The Morgan fingerprint density at radius 2 is 1.78 bits per heavy atom. The van der Waals surface area contributed by atoms with Crippen molar-refractivity contribution in [2.24, 2.45) is 0 Å². The van der Waals surface area contributed by atoms with Gasteiger partial charge >= 0.3 is 0 Å². The second-order valence-electron chi connectivity index (χ2n) is 7.11. The number of quaternary nitrogens is 1. The zero-order chi connectivity index (χ0) is 18.5. The highest BCUT2D eigenvalue weighted by atomic mass is 16.1. The van der Waals surface area contributed by atoms with Crippen LogP contribution in [0.5, 0.6) is 0 Å². The zero-order valence-corrected chi connectivity index (χ0v) is 15.3. The van der Waals surface area contributed by atoms with Crippen molar-refractivity contribution in [2.45, 2.75) is 26.1 Å². The van der Waals surface area contributed by atoms with Crippen LogP contribution in [0.1, 0.15) is 32.6 Å². The van der Waals surface area contributed by atoms with Gasteiger partial charge in [0, 0.05) is 42.0 Å². The van der Waals surface area contributed by atoms with Crippen molar-refractivity contribution in [1.82, 2.24) is 10.3 Å². The molecule has 0 aliphatic carbocycles. The lowest BCUT2D eigenvalue weighted by Gasteiger charge is -2.26. The van der Waals surface area contributed by atoms with Gasteiger partial charge in [-0.2, -0.15) is 0 Å². The molecule has 0 radical (unpaired) electrons. The van der Waals surface area contributed by atoms with Crippen molar-refractivity contribution < 1.29 is 9.69 Å². The molecule has 0 spiro atoms. The number of carbonyl (C=O) groups excluding carboxylic acids is 1. The van der Waals surface area contributed by atoms with Crippen molar-refractivity contribution in [3.8, 4) is 0 Å². The summed E-state index contributed by atoms with van der Waals surface area (Å²) in [6, 6.07) is 20.6. The van der Waals surface area contributed by atoms with Crippen LogP contribution in [0.2, 0.25) is 0 Å². The summed E-state index contributed by atoms with van der Waals surface area (Å²) in [5.74, 6) is -0.0513. The Bertz CT molecular complexity index is 906. The average Bonchev–Trinajstić information content (AvgIpc) is 2.73. The minimum Gasteiger partial charge on any atom is -0.348 e. The third kappa shape index (κ3) is 4.41. The summed E-state index contributed by atoms with van der Waals surface area (Å²) in [4.78, 5) is 18.0. The molecule has 136 valence electrons. The first-order valence-corrected chi connectivity index (χ1v) is 9.44. The van der Waals surface area contributed by atoms with Gasteiger partial charge in [0.15, 0.2) is 0 Å². The molecule has 1 aliphatic heterocycles. The maximum absolute atomic E-state index is 12.3. The van der Waals surface area contributed by atoms with Crippen molar-refractivity contribution >= 4 is 5.91 Å². The number of pyridine rings is 1. The summed E-state index contributed by atoms with van der Waals surface area (Å²) in [7, 11) is 0. The molecule has 2 aromatic carbocycles. The third-order valence-corrected chi connectivity index (χ3v) is 5.15. The number of rotatable bonds is 5. The lowest BCUT2D eigenvalue weighted by molar-refractivity contribution is -0.929. The molecule has 1 unspecified atom stereocenters. The van der Waals surface area contributed by atoms with E-state index in [2.05, 4.69) is 46.7 Å². The van der Waals surface area contributed by atoms with Gasteiger partial charge in [-0.1, -0.05) is 42.5 Å². The minimum atomic E-state index is -0.0513. The van der Waals surface area contributed by atoms with Gasteiger partial charge in [0.2, 0.25) is 0 Å². The quantitative estimate of drug-likeness (QED) is 0.734. The standard InChI is InChI=1S/C23H23N3O/c27-23(25-15-19-4-3-12-24-14-19)21-9-7-18(8-10-21)16-26-13-11-20-5-1-2-6-22(20)17-26/h1-10,12,14H,11,13,15-17H2,(H,25,27)/p+1. The maximum atomic E-state index is 12.3. The minimum absolute atomic E-state index is 0.0513. The molecule has 0 bridgehead atoms. The number of amides is 1. The van der Waals surface area contributed by atoms with Crippen molar-refractivity contribution in [2.75, 3.05) is 6.54 Å². The Hall–Kier alpha value is -2.98. The zero-order valence-electron chi connectivity index (χ0n) is 15.3. The molecular formula is C23H24N3O+. The maximum Gasteiger partial charge on any atom is 0.251 e. The van der Waals surface area contributed by atoms with Crippen LogP contribution < -0.4 is 10.2 Å². The fourth-order valence-corrected chi connectivity index (χ4v) is 3.64. The van der Waals surface area contributed by atoms with E-state index in [0.29, 0.717) is 12.1 Å². The first kappa shape index (κ1) is 17.4. The highest BCUT2D eigenvalue weighted by molar-refractivity contribution is 5.94. The number of fused-ring (bicyclic) bond motifs is 1. The number of carbonyl (C=O) groups is 1. The average molecular weight is 358 g/mol. The smallest absolute Gasteiger partial charge is 0.251 e. The fraction of sp³-hybridized carbons (Fsp3) is 0.217. The first-order chi connectivity index (χ1) is 13.3. The molecule has 1 aliphatic rings. The summed E-state index contributed by atoms with van der Waals surface area (Å²) in [5, 5.41) is 2.94. The molecule has 0 fully saturated rings. The van der Waals surface area contributed by atoms with E-state index in [-0.39, 0.29) is 5.91 Å². The first-order valence-electron chi connectivity index (χ1n) is 9.44. The Morgan fingerprint density at radius 1 is 0.963 bits per heavy atom. The van der Waals surface area contributed by atoms with Gasteiger partial charge in [0.05, 0.1) is 6.54 Å². The van der Waals surface area contributed by atoms with Gasteiger partial charge < -0.3 is 10.2 Å². The number of aromatic nitrogens is 1. The monoisotopic (exact) mass is 358 g/mol. The number of benzene rings is 2. The van der Waals surface area contributed by atoms with E-state index in [1.165, 1.54) is 16.7 Å². The van der Waals surface area contributed by atoms with E-state index in [1.807, 2.05) is 24.3 Å². The molecule has 2 N–H and O–H groups in total. The van der Waals surface area contributed by atoms with E-state index < -0.39 is 0 Å². The van der Waals surface area contributed by atoms with E-state index in [9.17, 15) is 4.79 Å². The van der Waals surface area contributed by atoms with Gasteiger partial charge in [-0.3, -0.25) is 9.78 Å². The highest BCUT2D eigenvalue weighted by Gasteiger charge is 2.19. The summed E-state index contributed by atoms with van der Waals surface area (Å²) in [5.41, 5.74) is 5.92. The van der Waals surface area contributed by atoms with E-state index in [4.69, 9.17) is 0 Å². The van der Waals surface area contributed by atoms with E-state index >= 15 is 0 Å². The fourth-order valence-electron chi connectivity index (χ4n) is 3.64. The van der Waals surface area contributed by atoms with Crippen LogP contribution in [-0.2, 0) is 26.1 Å². The topological polar surface area (TPSA) is 46.4 Å². The molecule has 4 rings (SSSR count). The van der Waals surface area contributed by atoms with Gasteiger partial charge in [-0.15, -0.1) is 0 Å². The van der Waals surface area contributed by atoms with Gasteiger partial charge in [-0.25, -0.2) is 0 Å². The Morgan fingerprint density at radius 3 is 2.56 bits per heavy atom. The SMILES string of the molecule is O=C(NCc1cccnc1)c1ccc(C[NH+]2CCc3ccccc3C2)cc1. The van der Waals surface area contributed by atoms with Crippen molar-refractivity contribution in [3.05, 3.63) is 101 Å². The van der Waals surface area contributed by atoms with Gasteiger partial charge in [0.25, 0.3) is 5.91 Å². The lowest BCUT2D eigenvalue weighted by Crippen LogP contribution is -3.10. The van der Waals surface area contributed by atoms with Gasteiger partial charge in [-0.05, 0) is 29.3 Å². The molecule has 2 heterocycles. The van der Waals surface area contributed by atoms with Crippen molar-refractivity contribution in [3.63, 3.8) is 0 Å². The second-order valence-corrected chi connectivity index (χ2v) is 7.11. The van der Waals surface area contributed by atoms with Crippen LogP contribution in [-0.4, -0.2) is 17.4 Å².